The van der Waals surface area contributed by atoms with E-state index in [2.05, 4.69) is 4.99 Å². The summed E-state index contributed by atoms with van der Waals surface area (Å²) >= 11 is 0. The zero-order valence-electron chi connectivity index (χ0n) is 6.36. The van der Waals surface area contributed by atoms with Gasteiger partial charge in [0, 0.05) is 0 Å². The molecule has 0 spiro atoms. The Balaban J connectivity index is 2.96. The van der Waals surface area contributed by atoms with Gasteiger partial charge in [-0.15, -0.1) is 0 Å². The van der Waals surface area contributed by atoms with Crippen LogP contribution in [0.5, 0.6) is 0 Å². The first kappa shape index (κ1) is 10.4. The summed E-state index contributed by atoms with van der Waals surface area (Å²) < 4.78 is 0. The summed E-state index contributed by atoms with van der Waals surface area (Å²) in [4.78, 5) is 12.9. The van der Waals surface area contributed by atoms with E-state index in [1.807, 2.05) is 0 Å². The Hall–Kier alpha value is -0.635. The maximum absolute atomic E-state index is 9.57. The minimum Gasteiger partial charge on any atom is -0.427 e. The fraction of sp³-hybridized carbons (Fsp3) is 0.833. The van der Waals surface area contributed by atoms with Crippen LogP contribution in [0.1, 0.15) is 19.3 Å². The predicted octanol–water partition coefficient (Wildman–Crippen LogP) is -0.0347. The number of hydrogen-bond acceptors (Lipinski definition) is 4. The maximum atomic E-state index is 9.57. The first-order valence-corrected chi connectivity index (χ1v) is 3.67. The van der Waals surface area contributed by atoms with Gasteiger partial charge in [-0.25, -0.2) is 9.79 Å². The topological polar surface area (TPSA) is 69.9 Å². The van der Waals surface area contributed by atoms with Crippen molar-refractivity contribution in [3.05, 3.63) is 0 Å². The normalized spacial score (nSPS) is 8.91. The van der Waals surface area contributed by atoms with Crippen LogP contribution in [0.4, 0.5) is 0 Å². The van der Waals surface area contributed by atoms with Crippen molar-refractivity contribution in [1.82, 2.24) is 0 Å². The molecule has 0 radical (unpaired) electrons. The molecular formula is C6H12BNO3. The molecule has 4 nitrogen and oxygen atoms in total. The van der Waals surface area contributed by atoms with Crippen molar-refractivity contribution in [2.75, 3.05) is 6.54 Å². The predicted molar refractivity (Wildman–Crippen MR) is 41.8 cm³/mol. The molecule has 0 heterocycles. The van der Waals surface area contributed by atoms with Gasteiger partial charge in [0.05, 0.1) is 6.54 Å². The highest BCUT2D eigenvalue weighted by atomic mass is 16.4. The average Bonchev–Trinajstić information content (AvgIpc) is 1.96. The van der Waals surface area contributed by atoms with Crippen LogP contribution in [0.2, 0.25) is 6.32 Å². The van der Waals surface area contributed by atoms with E-state index < -0.39 is 7.12 Å². The molecule has 2 N–H and O–H groups in total. The summed E-state index contributed by atoms with van der Waals surface area (Å²) in [7, 11) is -1.20. The van der Waals surface area contributed by atoms with Crippen LogP contribution in [0.25, 0.3) is 0 Å². The molecule has 0 saturated heterocycles. The second-order valence-electron chi connectivity index (χ2n) is 2.30. The summed E-state index contributed by atoms with van der Waals surface area (Å²) in [6.45, 7) is 0.491. The average molecular weight is 157 g/mol. The highest BCUT2D eigenvalue weighted by Gasteiger charge is 2.03. The summed E-state index contributed by atoms with van der Waals surface area (Å²) in [6.07, 6.45) is 4.26. The second kappa shape index (κ2) is 7.47. The molecule has 5 heteroatoms. The van der Waals surface area contributed by atoms with Gasteiger partial charge in [0.1, 0.15) is 0 Å². The molecule has 0 aromatic carbocycles. The fourth-order valence-electron chi connectivity index (χ4n) is 0.740. The molecule has 0 atom stereocenters. The monoisotopic (exact) mass is 157 g/mol. The highest BCUT2D eigenvalue weighted by molar-refractivity contribution is 6.40. The van der Waals surface area contributed by atoms with Crippen molar-refractivity contribution >= 4 is 13.2 Å². The van der Waals surface area contributed by atoms with E-state index in [0.29, 0.717) is 12.9 Å². The molecule has 0 aliphatic rings. The number of isocyanates is 1. The van der Waals surface area contributed by atoms with Gasteiger partial charge >= 0.3 is 7.12 Å². The first-order chi connectivity index (χ1) is 5.27. The van der Waals surface area contributed by atoms with Gasteiger partial charge in [0.25, 0.3) is 0 Å². The molecule has 0 bridgehead atoms. The Kier molecular flexibility index (Phi) is 7.04. The zero-order valence-corrected chi connectivity index (χ0v) is 6.36. The molecule has 0 unspecified atom stereocenters. The third kappa shape index (κ3) is 9.36. The smallest absolute Gasteiger partial charge is 0.427 e. The van der Waals surface area contributed by atoms with Crippen LogP contribution in [0.3, 0.4) is 0 Å². The zero-order chi connectivity index (χ0) is 8.53. The molecule has 0 aliphatic heterocycles. The van der Waals surface area contributed by atoms with Crippen molar-refractivity contribution in [3.8, 4) is 0 Å². The fourth-order valence-corrected chi connectivity index (χ4v) is 0.740. The van der Waals surface area contributed by atoms with E-state index in [9.17, 15) is 4.79 Å². The van der Waals surface area contributed by atoms with Gasteiger partial charge in [-0.3, -0.25) is 0 Å². The Morgan fingerprint density at radius 3 is 2.55 bits per heavy atom. The number of carbonyl (C=O) groups excluding carboxylic acids is 1. The molecule has 0 rings (SSSR count). The second-order valence-corrected chi connectivity index (χ2v) is 2.30. The lowest BCUT2D eigenvalue weighted by Crippen LogP contribution is -2.09. The minimum absolute atomic E-state index is 0.394. The molecular weight excluding hydrogens is 145 g/mol. The minimum atomic E-state index is -1.20. The maximum Gasteiger partial charge on any atom is 0.451 e. The lowest BCUT2D eigenvalue weighted by atomic mass is 9.83. The summed E-state index contributed by atoms with van der Waals surface area (Å²) in [5, 5.41) is 16.8. The largest absolute Gasteiger partial charge is 0.451 e. The number of aliphatic imine (C=N–C) groups is 1. The van der Waals surface area contributed by atoms with Crippen molar-refractivity contribution in [2.45, 2.75) is 25.6 Å². The van der Waals surface area contributed by atoms with Crippen molar-refractivity contribution in [2.24, 2.45) is 4.99 Å². The SMILES string of the molecule is O=C=NCCCCCB(O)O. The molecule has 0 saturated carbocycles. The summed E-state index contributed by atoms with van der Waals surface area (Å²) in [6, 6.07) is 0. The van der Waals surface area contributed by atoms with Gasteiger partial charge in [-0.2, -0.15) is 0 Å². The molecule has 62 valence electrons. The first-order valence-electron chi connectivity index (χ1n) is 3.67. The molecule has 0 amide bonds. The highest BCUT2D eigenvalue weighted by Crippen LogP contribution is 2.01. The molecule has 0 fully saturated rings. The van der Waals surface area contributed by atoms with Crippen LogP contribution >= 0.6 is 0 Å². The Bertz CT molecular complexity index is 134. The van der Waals surface area contributed by atoms with E-state index in [4.69, 9.17) is 10.0 Å². The van der Waals surface area contributed by atoms with Gasteiger partial charge < -0.3 is 10.0 Å². The number of rotatable bonds is 6. The van der Waals surface area contributed by atoms with E-state index >= 15 is 0 Å². The van der Waals surface area contributed by atoms with E-state index in [1.54, 1.807) is 0 Å². The summed E-state index contributed by atoms with van der Waals surface area (Å²) in [5.41, 5.74) is 0. The number of unbranched alkanes of at least 4 members (excludes halogenated alkanes) is 2. The van der Waals surface area contributed by atoms with E-state index in [-0.39, 0.29) is 0 Å². The molecule has 0 aliphatic carbocycles. The van der Waals surface area contributed by atoms with Gasteiger partial charge in [-0.1, -0.05) is 12.8 Å². The van der Waals surface area contributed by atoms with Crippen molar-refractivity contribution in [3.63, 3.8) is 0 Å². The van der Waals surface area contributed by atoms with Gasteiger partial charge in [0.15, 0.2) is 0 Å². The van der Waals surface area contributed by atoms with Crippen LogP contribution in [-0.2, 0) is 4.79 Å². The van der Waals surface area contributed by atoms with Gasteiger partial charge in [-0.05, 0) is 12.7 Å². The van der Waals surface area contributed by atoms with Crippen LogP contribution in [0.15, 0.2) is 4.99 Å². The van der Waals surface area contributed by atoms with Gasteiger partial charge in [0.2, 0.25) is 6.08 Å². The Morgan fingerprint density at radius 2 is 2.00 bits per heavy atom. The third-order valence-electron chi connectivity index (χ3n) is 1.30. The van der Waals surface area contributed by atoms with E-state index in [1.165, 1.54) is 6.08 Å². The summed E-state index contributed by atoms with van der Waals surface area (Å²) in [5.74, 6) is 0. The van der Waals surface area contributed by atoms with Crippen LogP contribution < -0.4 is 0 Å². The Labute approximate surface area is 66.1 Å². The molecule has 0 aromatic heterocycles. The lowest BCUT2D eigenvalue weighted by Gasteiger charge is -1.96. The number of nitrogens with zero attached hydrogens (tertiary/aromatic N) is 1. The van der Waals surface area contributed by atoms with E-state index in [0.717, 1.165) is 19.3 Å². The van der Waals surface area contributed by atoms with Crippen molar-refractivity contribution in [1.29, 1.82) is 0 Å². The number of hydrogen-bond donors (Lipinski definition) is 2. The Morgan fingerprint density at radius 1 is 1.27 bits per heavy atom. The lowest BCUT2D eigenvalue weighted by molar-refractivity contribution is 0.402. The third-order valence-corrected chi connectivity index (χ3v) is 1.30. The molecule has 11 heavy (non-hydrogen) atoms. The van der Waals surface area contributed by atoms with Crippen LogP contribution in [0, 0.1) is 0 Å². The standard InChI is InChI=1S/C6H12BNO3/c9-6-8-5-3-1-2-4-7(10)11/h10-11H,1-5H2. The van der Waals surface area contributed by atoms with Crippen molar-refractivity contribution < 1.29 is 14.8 Å². The quantitative estimate of drug-likeness (QED) is 0.246. The van der Waals surface area contributed by atoms with Crippen LogP contribution in [-0.4, -0.2) is 29.8 Å². The molecule has 0 aromatic rings.